The summed E-state index contributed by atoms with van der Waals surface area (Å²) < 4.78 is 0. The second kappa shape index (κ2) is 10.8. The van der Waals surface area contributed by atoms with E-state index in [1.54, 1.807) is 0 Å². The van der Waals surface area contributed by atoms with Gasteiger partial charge in [0.25, 0.3) is 0 Å². The van der Waals surface area contributed by atoms with E-state index in [0.717, 1.165) is 0 Å². The maximum atomic E-state index is 4.08. The van der Waals surface area contributed by atoms with Crippen molar-refractivity contribution in [3.05, 3.63) is 12.2 Å². The molecule has 0 aromatic carbocycles. The summed E-state index contributed by atoms with van der Waals surface area (Å²) in [7, 11) is 0. The lowest BCUT2D eigenvalue weighted by molar-refractivity contribution is 0.594. The molecule has 0 fully saturated rings. The van der Waals surface area contributed by atoms with Gasteiger partial charge in [-0.1, -0.05) is 38.8 Å². The molecule has 84 valence electrons. The molecule has 0 rings (SSSR count). The zero-order valence-electron chi connectivity index (χ0n) is 10.1. The number of rotatable bonds is 10. The Hall–Kier alpha value is -0.300. The molecule has 0 spiro atoms. The molecule has 0 aromatic heterocycles. The average molecular weight is 197 g/mol. The van der Waals surface area contributed by atoms with Gasteiger partial charge in [0.1, 0.15) is 0 Å². The van der Waals surface area contributed by atoms with Crippen LogP contribution in [0.15, 0.2) is 12.2 Å². The van der Waals surface area contributed by atoms with Crippen molar-refractivity contribution in [2.45, 2.75) is 58.8 Å². The standard InChI is InChI=1S/C13H27N/c1-4-9-13(3)10-7-6-8-12-14-11-5-2/h14H,3-12H2,1-2H3. The van der Waals surface area contributed by atoms with Gasteiger partial charge in [-0.15, -0.1) is 0 Å². The van der Waals surface area contributed by atoms with Crippen LogP contribution in [0.4, 0.5) is 0 Å². The first-order valence-corrected chi connectivity index (χ1v) is 6.18. The number of nitrogens with one attached hydrogen (secondary N) is 1. The molecule has 0 bridgehead atoms. The summed E-state index contributed by atoms with van der Waals surface area (Å²) in [5.74, 6) is 0. The van der Waals surface area contributed by atoms with Crippen molar-refractivity contribution in [3.63, 3.8) is 0 Å². The highest BCUT2D eigenvalue weighted by molar-refractivity contribution is 4.92. The Morgan fingerprint density at radius 2 is 1.71 bits per heavy atom. The van der Waals surface area contributed by atoms with E-state index in [4.69, 9.17) is 0 Å². The molecule has 0 atom stereocenters. The fourth-order valence-electron chi connectivity index (χ4n) is 1.58. The quantitative estimate of drug-likeness (QED) is 0.414. The van der Waals surface area contributed by atoms with E-state index < -0.39 is 0 Å². The summed E-state index contributed by atoms with van der Waals surface area (Å²) in [5.41, 5.74) is 1.44. The van der Waals surface area contributed by atoms with Crippen LogP contribution in [-0.4, -0.2) is 13.1 Å². The van der Waals surface area contributed by atoms with Gasteiger partial charge in [-0.05, 0) is 45.2 Å². The van der Waals surface area contributed by atoms with Crippen molar-refractivity contribution in [1.29, 1.82) is 0 Å². The SMILES string of the molecule is C=C(CCC)CCCCCNCCC. The Balaban J connectivity index is 3.01. The van der Waals surface area contributed by atoms with Gasteiger partial charge in [-0.3, -0.25) is 0 Å². The largest absolute Gasteiger partial charge is 0.317 e. The highest BCUT2D eigenvalue weighted by Gasteiger charge is 1.93. The van der Waals surface area contributed by atoms with E-state index in [-0.39, 0.29) is 0 Å². The molecule has 0 aliphatic rings. The highest BCUT2D eigenvalue weighted by Crippen LogP contribution is 2.11. The van der Waals surface area contributed by atoms with E-state index in [1.807, 2.05) is 0 Å². The summed E-state index contributed by atoms with van der Waals surface area (Å²) in [4.78, 5) is 0. The van der Waals surface area contributed by atoms with Gasteiger partial charge < -0.3 is 5.32 Å². The molecule has 0 saturated carbocycles. The number of unbranched alkanes of at least 4 members (excludes halogenated alkanes) is 2. The summed E-state index contributed by atoms with van der Waals surface area (Å²) in [6.07, 6.45) is 8.94. The topological polar surface area (TPSA) is 12.0 Å². The number of hydrogen-bond acceptors (Lipinski definition) is 1. The molecule has 0 aliphatic heterocycles. The van der Waals surface area contributed by atoms with Crippen LogP contribution in [0.3, 0.4) is 0 Å². The van der Waals surface area contributed by atoms with Crippen molar-refractivity contribution in [3.8, 4) is 0 Å². The Kier molecular flexibility index (Phi) is 10.5. The fourth-order valence-corrected chi connectivity index (χ4v) is 1.58. The van der Waals surface area contributed by atoms with Gasteiger partial charge in [0.05, 0.1) is 0 Å². The van der Waals surface area contributed by atoms with Crippen LogP contribution in [0.1, 0.15) is 58.8 Å². The zero-order valence-corrected chi connectivity index (χ0v) is 10.1. The monoisotopic (exact) mass is 197 g/mol. The lowest BCUT2D eigenvalue weighted by Crippen LogP contribution is -2.15. The molecule has 0 aromatic rings. The molecular formula is C13H27N. The van der Waals surface area contributed by atoms with Crippen molar-refractivity contribution >= 4 is 0 Å². The smallest absolute Gasteiger partial charge is 0.00489 e. The number of hydrogen-bond donors (Lipinski definition) is 1. The second-order valence-corrected chi connectivity index (χ2v) is 4.06. The molecule has 1 N–H and O–H groups in total. The highest BCUT2D eigenvalue weighted by atomic mass is 14.8. The second-order valence-electron chi connectivity index (χ2n) is 4.06. The van der Waals surface area contributed by atoms with E-state index in [1.165, 1.54) is 63.6 Å². The van der Waals surface area contributed by atoms with Crippen LogP contribution in [0.2, 0.25) is 0 Å². The molecular weight excluding hydrogens is 170 g/mol. The third kappa shape index (κ3) is 9.79. The summed E-state index contributed by atoms with van der Waals surface area (Å²) >= 11 is 0. The molecule has 0 unspecified atom stereocenters. The fraction of sp³-hybridized carbons (Fsp3) is 0.846. The van der Waals surface area contributed by atoms with Gasteiger partial charge in [0.2, 0.25) is 0 Å². The minimum absolute atomic E-state index is 1.17. The summed E-state index contributed by atoms with van der Waals surface area (Å²) in [6, 6.07) is 0. The summed E-state index contributed by atoms with van der Waals surface area (Å²) in [5, 5.41) is 3.43. The van der Waals surface area contributed by atoms with Gasteiger partial charge in [-0.25, -0.2) is 0 Å². The van der Waals surface area contributed by atoms with Crippen molar-refractivity contribution in [2.75, 3.05) is 13.1 Å². The van der Waals surface area contributed by atoms with Crippen molar-refractivity contribution in [1.82, 2.24) is 5.32 Å². The molecule has 0 radical (unpaired) electrons. The van der Waals surface area contributed by atoms with Crippen molar-refractivity contribution in [2.24, 2.45) is 0 Å². The van der Waals surface area contributed by atoms with Crippen LogP contribution in [-0.2, 0) is 0 Å². The van der Waals surface area contributed by atoms with E-state index >= 15 is 0 Å². The Morgan fingerprint density at radius 3 is 2.36 bits per heavy atom. The lowest BCUT2D eigenvalue weighted by atomic mass is 10.1. The molecule has 0 saturated heterocycles. The van der Waals surface area contributed by atoms with Gasteiger partial charge >= 0.3 is 0 Å². The lowest BCUT2D eigenvalue weighted by Gasteiger charge is -2.04. The van der Waals surface area contributed by atoms with E-state index in [0.29, 0.717) is 0 Å². The molecule has 0 aliphatic carbocycles. The maximum Gasteiger partial charge on any atom is -0.00489 e. The Bertz CT molecular complexity index is 129. The third-order valence-electron chi connectivity index (χ3n) is 2.41. The van der Waals surface area contributed by atoms with Gasteiger partial charge in [-0.2, -0.15) is 0 Å². The zero-order chi connectivity index (χ0) is 10.6. The predicted molar refractivity (Wildman–Crippen MR) is 65.7 cm³/mol. The Labute approximate surface area is 90.0 Å². The van der Waals surface area contributed by atoms with E-state index in [2.05, 4.69) is 25.7 Å². The minimum Gasteiger partial charge on any atom is -0.317 e. The third-order valence-corrected chi connectivity index (χ3v) is 2.41. The van der Waals surface area contributed by atoms with Crippen LogP contribution in [0.5, 0.6) is 0 Å². The predicted octanol–water partition coefficient (Wildman–Crippen LogP) is 3.90. The molecule has 1 nitrogen and oxygen atoms in total. The molecule has 14 heavy (non-hydrogen) atoms. The summed E-state index contributed by atoms with van der Waals surface area (Å²) in [6.45, 7) is 10.9. The minimum atomic E-state index is 1.17. The Morgan fingerprint density at radius 1 is 0.929 bits per heavy atom. The first kappa shape index (κ1) is 13.7. The van der Waals surface area contributed by atoms with Crippen LogP contribution < -0.4 is 5.32 Å². The average Bonchev–Trinajstić information content (AvgIpc) is 2.17. The van der Waals surface area contributed by atoms with Gasteiger partial charge in [0.15, 0.2) is 0 Å². The van der Waals surface area contributed by atoms with Crippen molar-refractivity contribution < 1.29 is 0 Å². The first-order valence-electron chi connectivity index (χ1n) is 6.18. The van der Waals surface area contributed by atoms with Crippen LogP contribution in [0, 0.1) is 0 Å². The molecule has 1 heteroatoms. The van der Waals surface area contributed by atoms with Crippen LogP contribution >= 0.6 is 0 Å². The van der Waals surface area contributed by atoms with Crippen LogP contribution in [0.25, 0.3) is 0 Å². The maximum absolute atomic E-state index is 4.08. The molecule has 0 amide bonds. The molecule has 0 heterocycles. The van der Waals surface area contributed by atoms with Gasteiger partial charge in [0, 0.05) is 0 Å². The van der Waals surface area contributed by atoms with E-state index in [9.17, 15) is 0 Å². The normalized spacial score (nSPS) is 10.4. The number of allylic oxidation sites excluding steroid dienone is 1. The first-order chi connectivity index (χ1) is 6.81.